The molecule has 0 heterocycles. The molecule has 3 unspecified atom stereocenters. The first-order chi connectivity index (χ1) is 6.51. The number of alkyl halides is 6. The molecular formula is C7H6BrCl2F4N. The average Bonchev–Trinajstić information content (AvgIpc) is 1.96. The lowest BCUT2D eigenvalue weighted by molar-refractivity contribution is -0.171. The fraction of sp³-hybridized carbons (Fsp3) is 0.714. The summed E-state index contributed by atoms with van der Waals surface area (Å²) in [6, 6.07) is -1.96. The molecule has 3 atom stereocenters. The quantitative estimate of drug-likeness (QED) is 0.534. The van der Waals surface area contributed by atoms with E-state index in [1.807, 2.05) is 0 Å². The number of nitrogens with two attached hydrogens (primary N) is 1. The molecule has 88 valence electrons. The van der Waals surface area contributed by atoms with Crippen LogP contribution in [0.1, 0.15) is 6.42 Å². The standard InChI is InChI=1S/C7H6BrCl2F4N/c8-6(11)2-3(9)1-5(10,4(6)15)7(12,13)14/h2,4H,1,15H2. The van der Waals surface area contributed by atoms with Gasteiger partial charge in [0.15, 0.2) is 4.87 Å². The molecule has 0 amide bonds. The predicted octanol–water partition coefficient (Wildman–Crippen LogP) is 3.44. The Morgan fingerprint density at radius 2 is 2.00 bits per heavy atom. The van der Waals surface area contributed by atoms with Gasteiger partial charge in [-0.05, 0) is 22.0 Å². The molecule has 0 bridgehead atoms. The van der Waals surface area contributed by atoms with Crippen molar-refractivity contribution in [2.45, 2.75) is 28.1 Å². The fourth-order valence-electron chi connectivity index (χ4n) is 1.29. The normalized spacial score (nSPS) is 42.7. The molecule has 15 heavy (non-hydrogen) atoms. The summed E-state index contributed by atoms with van der Waals surface area (Å²) in [5.74, 6) is 0. The van der Waals surface area contributed by atoms with Crippen LogP contribution >= 0.6 is 39.1 Å². The monoisotopic (exact) mass is 329 g/mol. The van der Waals surface area contributed by atoms with Crippen LogP contribution in [0, 0.1) is 0 Å². The maximum atomic E-state index is 13.6. The third-order valence-electron chi connectivity index (χ3n) is 2.15. The van der Waals surface area contributed by atoms with Crippen LogP contribution in [-0.4, -0.2) is 21.7 Å². The number of hydrogen-bond acceptors (Lipinski definition) is 1. The van der Waals surface area contributed by atoms with Gasteiger partial charge in [-0.1, -0.05) is 11.6 Å². The average molecular weight is 331 g/mol. The van der Waals surface area contributed by atoms with E-state index < -0.39 is 28.1 Å². The molecule has 0 fully saturated rings. The van der Waals surface area contributed by atoms with Crippen molar-refractivity contribution < 1.29 is 17.6 Å². The molecule has 1 aliphatic carbocycles. The van der Waals surface area contributed by atoms with E-state index in [-0.39, 0.29) is 5.03 Å². The largest absolute Gasteiger partial charge is 0.409 e. The van der Waals surface area contributed by atoms with E-state index in [0.717, 1.165) is 6.08 Å². The van der Waals surface area contributed by atoms with Gasteiger partial charge >= 0.3 is 6.18 Å². The van der Waals surface area contributed by atoms with E-state index in [9.17, 15) is 17.6 Å². The van der Waals surface area contributed by atoms with Gasteiger partial charge in [0.2, 0.25) is 4.58 Å². The van der Waals surface area contributed by atoms with Gasteiger partial charge in [0, 0.05) is 11.5 Å². The first-order valence-electron chi connectivity index (χ1n) is 3.77. The lowest BCUT2D eigenvalue weighted by atomic mass is 9.86. The van der Waals surface area contributed by atoms with Crippen molar-refractivity contribution >= 4 is 39.1 Å². The second-order valence-electron chi connectivity index (χ2n) is 3.28. The second kappa shape index (κ2) is 3.75. The minimum Gasteiger partial charge on any atom is -0.322 e. The van der Waals surface area contributed by atoms with Gasteiger partial charge in [0.1, 0.15) is 0 Å². The molecule has 1 aliphatic rings. The zero-order valence-corrected chi connectivity index (χ0v) is 10.2. The topological polar surface area (TPSA) is 26.0 Å². The van der Waals surface area contributed by atoms with Crippen LogP contribution < -0.4 is 5.73 Å². The summed E-state index contributed by atoms with van der Waals surface area (Å²) in [6.45, 7) is 0. The zero-order chi connectivity index (χ0) is 12.1. The summed E-state index contributed by atoms with van der Waals surface area (Å²) < 4.78 is 48.9. The van der Waals surface area contributed by atoms with Gasteiger partial charge < -0.3 is 5.73 Å². The molecule has 0 radical (unpaired) electrons. The van der Waals surface area contributed by atoms with Crippen LogP contribution in [0.4, 0.5) is 17.6 Å². The molecule has 0 aromatic rings. The predicted molar refractivity (Wildman–Crippen MR) is 53.9 cm³/mol. The van der Waals surface area contributed by atoms with Crippen LogP contribution in [0.3, 0.4) is 0 Å². The van der Waals surface area contributed by atoms with Crippen LogP contribution in [-0.2, 0) is 0 Å². The minimum absolute atomic E-state index is 0.316. The third-order valence-corrected chi connectivity index (χ3v) is 3.70. The summed E-state index contributed by atoms with van der Waals surface area (Å²) in [5.41, 5.74) is 5.16. The number of rotatable bonds is 0. The lowest BCUT2D eigenvalue weighted by Crippen LogP contribution is -2.62. The zero-order valence-electron chi connectivity index (χ0n) is 7.08. The van der Waals surface area contributed by atoms with E-state index >= 15 is 0 Å². The first kappa shape index (κ1) is 13.5. The summed E-state index contributed by atoms with van der Waals surface area (Å²) in [4.78, 5) is -2.89. The van der Waals surface area contributed by atoms with Gasteiger partial charge in [0.05, 0.1) is 6.04 Å². The molecule has 2 N–H and O–H groups in total. The van der Waals surface area contributed by atoms with Gasteiger partial charge in [-0.3, -0.25) is 0 Å². The Kier molecular flexibility index (Phi) is 3.39. The summed E-state index contributed by atoms with van der Waals surface area (Å²) in [5, 5.41) is -0.316. The Bertz CT molecular complexity index is 304. The van der Waals surface area contributed by atoms with Crippen molar-refractivity contribution in [2.24, 2.45) is 5.73 Å². The number of allylic oxidation sites excluding steroid dienone is 1. The Morgan fingerprint density at radius 3 is 2.40 bits per heavy atom. The summed E-state index contributed by atoms with van der Waals surface area (Å²) >= 11 is 13.2. The van der Waals surface area contributed by atoms with E-state index in [4.69, 9.17) is 28.9 Å². The molecule has 0 aromatic heterocycles. The minimum atomic E-state index is -4.84. The van der Waals surface area contributed by atoms with Crippen molar-refractivity contribution in [3.63, 3.8) is 0 Å². The highest BCUT2D eigenvalue weighted by Crippen LogP contribution is 2.51. The number of halogens is 7. The van der Waals surface area contributed by atoms with E-state index in [1.165, 1.54) is 0 Å². The fourth-order valence-corrected chi connectivity index (χ4v) is 2.96. The number of hydrogen-bond donors (Lipinski definition) is 1. The van der Waals surface area contributed by atoms with E-state index in [1.54, 1.807) is 0 Å². The van der Waals surface area contributed by atoms with Crippen LogP contribution in [0.5, 0.6) is 0 Å². The molecule has 1 nitrogen and oxygen atoms in total. The van der Waals surface area contributed by atoms with E-state index in [2.05, 4.69) is 15.9 Å². The first-order valence-corrected chi connectivity index (χ1v) is 5.32. The smallest absolute Gasteiger partial charge is 0.322 e. The van der Waals surface area contributed by atoms with Gasteiger partial charge in [-0.15, -0.1) is 11.6 Å². The molecule has 0 aromatic carbocycles. The Hall–Kier alpha value is 0.480. The van der Waals surface area contributed by atoms with Crippen LogP contribution in [0.25, 0.3) is 0 Å². The molecule has 1 rings (SSSR count). The van der Waals surface area contributed by atoms with Gasteiger partial charge in [0.25, 0.3) is 0 Å². The highest BCUT2D eigenvalue weighted by molar-refractivity contribution is 9.10. The maximum absolute atomic E-state index is 13.6. The van der Waals surface area contributed by atoms with Gasteiger partial charge in [-0.25, -0.2) is 4.39 Å². The van der Waals surface area contributed by atoms with Crippen molar-refractivity contribution in [1.82, 2.24) is 0 Å². The van der Waals surface area contributed by atoms with Crippen molar-refractivity contribution in [3.8, 4) is 0 Å². The van der Waals surface area contributed by atoms with E-state index in [0.29, 0.717) is 0 Å². The highest BCUT2D eigenvalue weighted by atomic mass is 79.9. The molecule has 0 saturated heterocycles. The molecule has 0 saturated carbocycles. The Morgan fingerprint density at radius 1 is 1.53 bits per heavy atom. The summed E-state index contributed by atoms with van der Waals surface area (Å²) in [7, 11) is 0. The highest BCUT2D eigenvalue weighted by Gasteiger charge is 2.64. The van der Waals surface area contributed by atoms with Crippen molar-refractivity contribution in [3.05, 3.63) is 11.1 Å². The molecule has 0 spiro atoms. The van der Waals surface area contributed by atoms with Crippen LogP contribution in [0.2, 0.25) is 0 Å². The second-order valence-corrected chi connectivity index (χ2v) is 5.66. The maximum Gasteiger partial charge on any atom is 0.409 e. The molecule has 8 heteroatoms. The molecule has 0 aliphatic heterocycles. The lowest BCUT2D eigenvalue weighted by Gasteiger charge is -2.41. The third kappa shape index (κ3) is 2.28. The van der Waals surface area contributed by atoms with Gasteiger partial charge in [-0.2, -0.15) is 13.2 Å². The Balaban J connectivity index is 3.20. The van der Waals surface area contributed by atoms with Crippen molar-refractivity contribution in [2.75, 3.05) is 0 Å². The van der Waals surface area contributed by atoms with Crippen LogP contribution in [0.15, 0.2) is 11.1 Å². The SMILES string of the molecule is NC1C(F)(Br)C=C(Cl)CC1(Cl)C(F)(F)F. The van der Waals surface area contributed by atoms with Crippen molar-refractivity contribution in [1.29, 1.82) is 0 Å². The molecular weight excluding hydrogens is 325 g/mol. The Labute approximate surface area is 102 Å². The summed E-state index contributed by atoms with van der Waals surface area (Å²) in [6.07, 6.45) is -4.79.